The van der Waals surface area contributed by atoms with Crippen LogP contribution in [0.3, 0.4) is 0 Å². The van der Waals surface area contributed by atoms with Gasteiger partial charge in [-0.1, -0.05) is 29.0 Å². The minimum absolute atomic E-state index is 0.182. The highest BCUT2D eigenvalue weighted by molar-refractivity contribution is 7.93. The van der Waals surface area contributed by atoms with Gasteiger partial charge in [-0.05, 0) is 25.5 Å². The van der Waals surface area contributed by atoms with Crippen molar-refractivity contribution in [2.75, 3.05) is 5.73 Å². The fourth-order valence-corrected chi connectivity index (χ4v) is 4.13. The van der Waals surface area contributed by atoms with E-state index in [0.717, 1.165) is 22.5 Å². The molecule has 4 nitrogen and oxygen atoms in total. The first-order valence-electron chi connectivity index (χ1n) is 4.95. The molecular formula is C11H12N2O2S2. The highest BCUT2D eigenvalue weighted by Crippen LogP contribution is 2.29. The van der Waals surface area contributed by atoms with Gasteiger partial charge in [0.25, 0.3) is 0 Å². The lowest BCUT2D eigenvalue weighted by molar-refractivity contribution is 0.597. The number of nitrogens with two attached hydrogens (primary N) is 1. The smallest absolute Gasteiger partial charge is 0.217 e. The summed E-state index contributed by atoms with van der Waals surface area (Å²) in [7, 11) is -3.49. The van der Waals surface area contributed by atoms with Crippen LogP contribution < -0.4 is 5.73 Å². The molecule has 1 heterocycles. The predicted molar refractivity (Wildman–Crippen MR) is 67.9 cm³/mol. The van der Waals surface area contributed by atoms with Crippen LogP contribution in [-0.4, -0.2) is 13.4 Å². The van der Waals surface area contributed by atoms with Crippen LogP contribution in [0.2, 0.25) is 0 Å². The Hall–Kier alpha value is -1.40. The molecule has 0 fully saturated rings. The topological polar surface area (TPSA) is 73.0 Å². The third-order valence-electron chi connectivity index (χ3n) is 2.39. The van der Waals surface area contributed by atoms with Crippen LogP contribution in [0, 0.1) is 13.8 Å². The zero-order valence-electron chi connectivity index (χ0n) is 9.47. The second-order valence-electron chi connectivity index (χ2n) is 3.79. The zero-order valence-corrected chi connectivity index (χ0v) is 11.1. The number of thiazole rings is 1. The number of hydrogen-bond acceptors (Lipinski definition) is 5. The molecule has 0 radical (unpaired) electrons. The maximum absolute atomic E-state index is 12.3. The van der Waals surface area contributed by atoms with Crippen molar-refractivity contribution >= 4 is 26.3 Å². The Morgan fingerprint density at radius 3 is 2.53 bits per heavy atom. The van der Waals surface area contributed by atoms with E-state index in [1.165, 1.54) is 6.20 Å². The van der Waals surface area contributed by atoms with Gasteiger partial charge in [0.15, 0.2) is 5.13 Å². The van der Waals surface area contributed by atoms with E-state index in [4.69, 9.17) is 5.73 Å². The second-order valence-corrected chi connectivity index (χ2v) is 7.00. The van der Waals surface area contributed by atoms with Gasteiger partial charge < -0.3 is 5.73 Å². The van der Waals surface area contributed by atoms with Crippen molar-refractivity contribution in [1.29, 1.82) is 0 Å². The van der Waals surface area contributed by atoms with Gasteiger partial charge in [-0.25, -0.2) is 13.4 Å². The van der Waals surface area contributed by atoms with Crippen LogP contribution >= 0.6 is 11.3 Å². The van der Waals surface area contributed by atoms with Gasteiger partial charge in [0.2, 0.25) is 9.84 Å². The minimum atomic E-state index is -3.49. The summed E-state index contributed by atoms with van der Waals surface area (Å²) in [4.78, 5) is 4.08. The summed E-state index contributed by atoms with van der Waals surface area (Å²) >= 11 is 0.981. The van der Waals surface area contributed by atoms with E-state index in [1.54, 1.807) is 19.1 Å². The lowest BCUT2D eigenvalue weighted by Crippen LogP contribution is -2.02. The summed E-state index contributed by atoms with van der Waals surface area (Å²) in [5.41, 5.74) is 7.22. The number of aromatic nitrogens is 1. The maximum atomic E-state index is 12.3. The van der Waals surface area contributed by atoms with E-state index in [-0.39, 0.29) is 9.34 Å². The van der Waals surface area contributed by atoms with Gasteiger partial charge in [0, 0.05) is 0 Å². The van der Waals surface area contributed by atoms with Crippen LogP contribution in [0.1, 0.15) is 11.1 Å². The molecule has 2 N–H and O–H groups in total. The van der Waals surface area contributed by atoms with Crippen LogP contribution in [0.15, 0.2) is 33.5 Å². The predicted octanol–water partition coefficient (Wildman–Crippen LogP) is 2.17. The van der Waals surface area contributed by atoms with E-state index >= 15 is 0 Å². The van der Waals surface area contributed by atoms with Crippen LogP contribution in [0.4, 0.5) is 5.13 Å². The molecule has 0 aliphatic carbocycles. The molecule has 1 aromatic heterocycles. The molecule has 1 aromatic carbocycles. The van der Waals surface area contributed by atoms with Gasteiger partial charge in [0.05, 0.1) is 11.1 Å². The number of hydrogen-bond donors (Lipinski definition) is 1. The number of sulfone groups is 1. The molecular weight excluding hydrogens is 256 g/mol. The van der Waals surface area contributed by atoms with E-state index in [2.05, 4.69) is 4.98 Å². The molecule has 0 amide bonds. The van der Waals surface area contributed by atoms with E-state index in [1.807, 2.05) is 13.0 Å². The minimum Gasteiger partial charge on any atom is -0.375 e. The molecule has 6 heteroatoms. The lowest BCUT2D eigenvalue weighted by atomic mass is 10.2. The maximum Gasteiger partial charge on any atom is 0.217 e. The number of aryl methyl sites for hydroxylation is 2. The SMILES string of the molecule is Cc1ccc(S(=O)(=O)c2cnc(N)s2)c(C)c1. The summed E-state index contributed by atoms with van der Waals surface area (Å²) in [6.07, 6.45) is 1.30. The second kappa shape index (κ2) is 4.12. The molecule has 0 spiro atoms. The molecule has 0 saturated heterocycles. The molecule has 2 aromatic rings. The molecule has 0 atom stereocenters. The van der Waals surface area contributed by atoms with Gasteiger partial charge in [0.1, 0.15) is 4.21 Å². The zero-order chi connectivity index (χ0) is 12.6. The third-order valence-corrected chi connectivity index (χ3v) is 5.59. The Bertz CT molecular complexity index is 660. The number of nitrogens with zero attached hydrogens (tertiary/aromatic N) is 1. The Morgan fingerprint density at radius 1 is 1.29 bits per heavy atom. The first-order valence-corrected chi connectivity index (χ1v) is 7.25. The summed E-state index contributed by atoms with van der Waals surface area (Å²) < 4.78 is 24.8. The largest absolute Gasteiger partial charge is 0.375 e. The van der Waals surface area contributed by atoms with Gasteiger partial charge in [-0.15, -0.1) is 0 Å². The number of anilines is 1. The molecule has 0 aliphatic heterocycles. The third kappa shape index (κ3) is 2.18. The Morgan fingerprint density at radius 2 is 2.00 bits per heavy atom. The number of rotatable bonds is 2. The monoisotopic (exact) mass is 268 g/mol. The van der Waals surface area contributed by atoms with Crippen LogP contribution in [-0.2, 0) is 9.84 Å². The highest BCUT2D eigenvalue weighted by Gasteiger charge is 2.22. The molecule has 17 heavy (non-hydrogen) atoms. The van der Waals surface area contributed by atoms with Crippen molar-refractivity contribution in [1.82, 2.24) is 4.98 Å². The van der Waals surface area contributed by atoms with Crippen LogP contribution in [0.25, 0.3) is 0 Å². The molecule has 0 bridgehead atoms. The van der Waals surface area contributed by atoms with Gasteiger partial charge in [-0.3, -0.25) is 0 Å². The van der Waals surface area contributed by atoms with Crippen LogP contribution in [0.5, 0.6) is 0 Å². The normalized spacial score (nSPS) is 11.6. The lowest BCUT2D eigenvalue weighted by Gasteiger charge is -2.06. The van der Waals surface area contributed by atoms with Crippen molar-refractivity contribution in [3.05, 3.63) is 35.5 Å². The Balaban J connectivity index is 2.60. The molecule has 0 aliphatic rings. The Labute approximate surface area is 104 Å². The quantitative estimate of drug-likeness (QED) is 0.906. The molecule has 0 saturated carbocycles. The number of nitrogen functional groups attached to an aromatic ring is 1. The summed E-state index contributed by atoms with van der Waals surface area (Å²) in [6, 6.07) is 5.25. The first kappa shape index (κ1) is 12.1. The summed E-state index contributed by atoms with van der Waals surface area (Å²) in [6.45, 7) is 3.71. The molecule has 2 rings (SSSR count). The average molecular weight is 268 g/mol. The highest BCUT2D eigenvalue weighted by atomic mass is 32.2. The van der Waals surface area contributed by atoms with Gasteiger partial charge >= 0.3 is 0 Å². The fourth-order valence-electron chi connectivity index (χ4n) is 1.61. The first-order chi connectivity index (χ1) is 7.91. The van der Waals surface area contributed by atoms with Crippen molar-refractivity contribution in [3.63, 3.8) is 0 Å². The van der Waals surface area contributed by atoms with E-state index in [9.17, 15) is 8.42 Å². The molecule has 0 unspecified atom stereocenters. The van der Waals surface area contributed by atoms with E-state index in [0.29, 0.717) is 4.90 Å². The average Bonchev–Trinajstić information content (AvgIpc) is 2.64. The standard InChI is InChI=1S/C11H12N2O2S2/c1-7-3-4-9(8(2)5-7)17(14,15)10-6-13-11(12)16-10/h3-6H,1-2H3,(H2,12,13). The molecule has 90 valence electrons. The van der Waals surface area contributed by atoms with Crippen molar-refractivity contribution in [2.24, 2.45) is 0 Å². The fraction of sp³-hybridized carbons (Fsp3) is 0.182. The Kier molecular flexibility index (Phi) is 2.92. The van der Waals surface area contributed by atoms with Crippen molar-refractivity contribution in [3.8, 4) is 0 Å². The summed E-state index contributed by atoms with van der Waals surface area (Å²) in [5, 5.41) is 0.258. The van der Waals surface area contributed by atoms with Crippen molar-refractivity contribution in [2.45, 2.75) is 23.0 Å². The van der Waals surface area contributed by atoms with E-state index < -0.39 is 9.84 Å². The number of benzene rings is 1. The summed E-state index contributed by atoms with van der Waals surface area (Å²) in [5.74, 6) is 0. The van der Waals surface area contributed by atoms with Crippen molar-refractivity contribution < 1.29 is 8.42 Å². The van der Waals surface area contributed by atoms with Gasteiger partial charge in [-0.2, -0.15) is 0 Å².